The summed E-state index contributed by atoms with van der Waals surface area (Å²) in [6.07, 6.45) is 2.44. The third-order valence-corrected chi connectivity index (χ3v) is 2.45. The third kappa shape index (κ3) is 1.48. The lowest BCUT2D eigenvalue weighted by atomic mass is 10.3. The first-order chi connectivity index (χ1) is 6.68. The van der Waals surface area contributed by atoms with Gasteiger partial charge in [0.2, 0.25) is 5.91 Å². The van der Waals surface area contributed by atoms with Crippen molar-refractivity contribution in [3.63, 3.8) is 0 Å². The van der Waals surface area contributed by atoms with Crippen molar-refractivity contribution in [2.24, 2.45) is 5.73 Å². The molecule has 74 valence electrons. The Kier molecular flexibility index (Phi) is 2.21. The van der Waals surface area contributed by atoms with Crippen molar-refractivity contribution in [3.8, 4) is 0 Å². The number of aromatic nitrogens is 1. The summed E-state index contributed by atoms with van der Waals surface area (Å²) in [6.45, 7) is 2.62. The van der Waals surface area contributed by atoms with E-state index in [0.29, 0.717) is 6.54 Å². The number of nitrogens with zero attached hydrogens (tertiary/aromatic N) is 2. The lowest BCUT2D eigenvalue weighted by Gasteiger charge is -2.15. The lowest BCUT2D eigenvalue weighted by molar-refractivity contribution is -0.118. The normalized spacial score (nSPS) is 21.7. The van der Waals surface area contributed by atoms with E-state index >= 15 is 0 Å². The average Bonchev–Trinajstić information content (AvgIpc) is 2.50. The molecule has 0 aromatic carbocycles. The molecule has 0 bridgehead atoms. The summed E-state index contributed by atoms with van der Waals surface area (Å²) in [4.78, 5) is 17.4. The maximum atomic E-state index is 11.6. The van der Waals surface area contributed by atoms with Crippen LogP contribution < -0.4 is 10.6 Å². The molecule has 4 heteroatoms. The van der Waals surface area contributed by atoms with Gasteiger partial charge in [-0.2, -0.15) is 0 Å². The zero-order chi connectivity index (χ0) is 10.1. The summed E-state index contributed by atoms with van der Waals surface area (Å²) in [5.74, 6) is -0.00402. The summed E-state index contributed by atoms with van der Waals surface area (Å²) >= 11 is 0. The molecule has 2 N–H and O–H groups in total. The SMILES string of the molecule is Cc1ccc(N2CCC(N)C2=O)cn1. The molecule has 2 rings (SSSR count). The van der Waals surface area contributed by atoms with Gasteiger partial charge in [-0.25, -0.2) is 0 Å². The molecule has 1 aliphatic rings. The second kappa shape index (κ2) is 3.38. The maximum absolute atomic E-state index is 11.6. The van der Waals surface area contributed by atoms with Gasteiger partial charge in [-0.15, -0.1) is 0 Å². The Bertz CT molecular complexity index is 347. The minimum absolute atomic E-state index is 0.00402. The first-order valence-corrected chi connectivity index (χ1v) is 4.68. The highest BCUT2D eigenvalue weighted by Crippen LogP contribution is 2.19. The number of anilines is 1. The third-order valence-electron chi connectivity index (χ3n) is 2.45. The highest BCUT2D eigenvalue weighted by molar-refractivity contribution is 5.99. The average molecular weight is 191 g/mol. The van der Waals surface area contributed by atoms with Crippen LogP contribution in [-0.4, -0.2) is 23.5 Å². The summed E-state index contributed by atoms with van der Waals surface area (Å²) in [6, 6.07) is 3.46. The van der Waals surface area contributed by atoms with Crippen LogP contribution in [0.4, 0.5) is 5.69 Å². The molecule has 1 atom stereocenters. The van der Waals surface area contributed by atoms with Crippen LogP contribution in [0.25, 0.3) is 0 Å². The zero-order valence-corrected chi connectivity index (χ0v) is 8.10. The van der Waals surface area contributed by atoms with Gasteiger partial charge < -0.3 is 10.6 Å². The Balaban J connectivity index is 2.24. The molecule has 0 aliphatic carbocycles. The van der Waals surface area contributed by atoms with Crippen LogP contribution in [0.15, 0.2) is 18.3 Å². The molecule has 2 heterocycles. The van der Waals surface area contributed by atoms with Gasteiger partial charge >= 0.3 is 0 Å². The molecule has 1 saturated heterocycles. The summed E-state index contributed by atoms with van der Waals surface area (Å²) < 4.78 is 0. The smallest absolute Gasteiger partial charge is 0.244 e. The van der Waals surface area contributed by atoms with E-state index in [1.165, 1.54) is 0 Å². The van der Waals surface area contributed by atoms with Gasteiger partial charge in [0.25, 0.3) is 0 Å². The monoisotopic (exact) mass is 191 g/mol. The van der Waals surface area contributed by atoms with Crippen molar-refractivity contribution < 1.29 is 4.79 Å². The number of rotatable bonds is 1. The van der Waals surface area contributed by atoms with Gasteiger partial charge in [0, 0.05) is 12.2 Å². The fraction of sp³-hybridized carbons (Fsp3) is 0.400. The highest BCUT2D eigenvalue weighted by Gasteiger charge is 2.29. The number of nitrogens with two attached hydrogens (primary N) is 1. The van der Waals surface area contributed by atoms with Gasteiger partial charge in [0.15, 0.2) is 0 Å². The zero-order valence-electron chi connectivity index (χ0n) is 8.10. The number of hydrogen-bond donors (Lipinski definition) is 1. The molecule has 0 spiro atoms. The number of pyridine rings is 1. The van der Waals surface area contributed by atoms with E-state index in [0.717, 1.165) is 17.8 Å². The number of carbonyl (C=O) groups is 1. The minimum atomic E-state index is -0.337. The van der Waals surface area contributed by atoms with Crippen LogP contribution in [0.3, 0.4) is 0 Å². The van der Waals surface area contributed by atoms with E-state index in [4.69, 9.17) is 5.73 Å². The van der Waals surface area contributed by atoms with Gasteiger partial charge in [-0.1, -0.05) is 0 Å². The van der Waals surface area contributed by atoms with Crippen molar-refractivity contribution in [2.45, 2.75) is 19.4 Å². The number of aryl methyl sites for hydroxylation is 1. The summed E-state index contributed by atoms with van der Waals surface area (Å²) in [5, 5.41) is 0. The molecule has 1 aliphatic heterocycles. The number of hydrogen-bond acceptors (Lipinski definition) is 3. The van der Waals surface area contributed by atoms with Crippen LogP contribution in [0.5, 0.6) is 0 Å². The van der Waals surface area contributed by atoms with Crippen molar-refractivity contribution in [1.82, 2.24) is 4.98 Å². The molecule has 0 saturated carbocycles. The quantitative estimate of drug-likeness (QED) is 0.701. The summed E-state index contributed by atoms with van der Waals surface area (Å²) in [7, 11) is 0. The standard InChI is InChI=1S/C10H13N3O/c1-7-2-3-8(6-12-7)13-5-4-9(11)10(13)14/h2-3,6,9H,4-5,11H2,1H3. The van der Waals surface area contributed by atoms with Crippen molar-refractivity contribution in [3.05, 3.63) is 24.0 Å². The molecule has 1 aromatic heterocycles. The first-order valence-electron chi connectivity index (χ1n) is 4.68. The Hall–Kier alpha value is -1.42. The predicted molar refractivity (Wildman–Crippen MR) is 53.9 cm³/mol. The van der Waals surface area contributed by atoms with E-state index in [9.17, 15) is 4.79 Å². The van der Waals surface area contributed by atoms with Crippen molar-refractivity contribution in [1.29, 1.82) is 0 Å². The van der Waals surface area contributed by atoms with Gasteiger partial charge in [-0.05, 0) is 25.5 Å². The largest absolute Gasteiger partial charge is 0.320 e. The van der Waals surface area contributed by atoms with E-state index in [1.807, 2.05) is 19.1 Å². The topological polar surface area (TPSA) is 59.2 Å². The molecule has 1 amide bonds. The molecule has 1 aromatic rings. The van der Waals surface area contributed by atoms with Gasteiger partial charge in [-0.3, -0.25) is 9.78 Å². The van der Waals surface area contributed by atoms with Crippen LogP contribution in [0.1, 0.15) is 12.1 Å². The predicted octanol–water partition coefficient (Wildman–Crippen LogP) is 0.454. The Morgan fingerprint density at radius 1 is 1.57 bits per heavy atom. The second-order valence-corrected chi connectivity index (χ2v) is 3.54. The van der Waals surface area contributed by atoms with E-state index in [1.54, 1.807) is 11.1 Å². The van der Waals surface area contributed by atoms with Crippen LogP contribution >= 0.6 is 0 Å². The molecular formula is C10H13N3O. The first kappa shape index (κ1) is 9.15. The molecule has 0 radical (unpaired) electrons. The Morgan fingerprint density at radius 2 is 2.36 bits per heavy atom. The lowest BCUT2D eigenvalue weighted by Crippen LogP contribution is -2.33. The van der Waals surface area contributed by atoms with Crippen LogP contribution in [0, 0.1) is 6.92 Å². The van der Waals surface area contributed by atoms with Crippen LogP contribution in [-0.2, 0) is 4.79 Å². The van der Waals surface area contributed by atoms with E-state index < -0.39 is 0 Å². The number of carbonyl (C=O) groups excluding carboxylic acids is 1. The van der Waals surface area contributed by atoms with E-state index in [-0.39, 0.29) is 11.9 Å². The molecule has 14 heavy (non-hydrogen) atoms. The highest BCUT2D eigenvalue weighted by atomic mass is 16.2. The second-order valence-electron chi connectivity index (χ2n) is 3.54. The summed E-state index contributed by atoms with van der Waals surface area (Å²) in [5.41, 5.74) is 7.41. The molecule has 1 fully saturated rings. The van der Waals surface area contributed by atoms with Crippen LogP contribution in [0.2, 0.25) is 0 Å². The van der Waals surface area contributed by atoms with Gasteiger partial charge in [0.05, 0.1) is 17.9 Å². The molecular weight excluding hydrogens is 178 g/mol. The fourth-order valence-electron chi connectivity index (χ4n) is 1.58. The Morgan fingerprint density at radius 3 is 2.86 bits per heavy atom. The number of amides is 1. The van der Waals surface area contributed by atoms with Gasteiger partial charge in [0.1, 0.15) is 0 Å². The van der Waals surface area contributed by atoms with Crippen molar-refractivity contribution in [2.75, 3.05) is 11.4 Å². The Labute approximate surface area is 82.7 Å². The molecule has 4 nitrogen and oxygen atoms in total. The van der Waals surface area contributed by atoms with E-state index in [2.05, 4.69) is 4.98 Å². The molecule has 1 unspecified atom stereocenters. The fourth-order valence-corrected chi connectivity index (χ4v) is 1.58. The van der Waals surface area contributed by atoms with Crippen molar-refractivity contribution >= 4 is 11.6 Å². The maximum Gasteiger partial charge on any atom is 0.244 e. The minimum Gasteiger partial charge on any atom is -0.320 e.